The number of nitrogens with zero attached hydrogens (tertiary/aromatic N) is 5. The number of hydrogen-bond donors (Lipinski definition) is 0. The molecule has 8 heteroatoms. The van der Waals surface area contributed by atoms with Gasteiger partial charge in [0.05, 0.1) is 18.0 Å². The molecule has 0 aliphatic carbocycles. The molecule has 4 rings (SSSR count). The molecule has 218 valence electrons. The van der Waals surface area contributed by atoms with Crippen molar-refractivity contribution >= 4 is 17.9 Å². The number of methoxy groups -OCH3 is 1. The molecule has 1 atom stereocenters. The maximum atomic E-state index is 14.0. The quantitative estimate of drug-likeness (QED) is 0.229. The van der Waals surface area contributed by atoms with Crippen LogP contribution in [0.25, 0.3) is 17.3 Å². The fourth-order valence-electron chi connectivity index (χ4n) is 4.90. The third kappa shape index (κ3) is 7.59. The Morgan fingerprint density at radius 1 is 0.976 bits per heavy atom. The topological polar surface area (TPSA) is 80.6 Å². The molecule has 0 fully saturated rings. The highest BCUT2D eigenvalue weighted by atomic mass is 16.5. The van der Waals surface area contributed by atoms with Crippen LogP contribution in [0.2, 0.25) is 0 Å². The van der Waals surface area contributed by atoms with E-state index >= 15 is 0 Å². The molecule has 0 aliphatic heterocycles. The summed E-state index contributed by atoms with van der Waals surface area (Å²) >= 11 is 0. The van der Waals surface area contributed by atoms with Gasteiger partial charge in [0.15, 0.2) is 0 Å². The zero-order chi connectivity index (χ0) is 30.1. The van der Waals surface area contributed by atoms with Gasteiger partial charge in [-0.15, -0.1) is 0 Å². The lowest BCUT2D eigenvalue weighted by molar-refractivity contribution is -0.143. The largest absolute Gasteiger partial charge is 0.383 e. The van der Waals surface area contributed by atoms with Crippen molar-refractivity contribution < 1.29 is 14.3 Å². The van der Waals surface area contributed by atoms with Crippen LogP contribution in [-0.2, 0) is 34.3 Å². The van der Waals surface area contributed by atoms with Crippen LogP contribution < -0.4 is 0 Å². The molecule has 4 aromatic rings. The van der Waals surface area contributed by atoms with Crippen LogP contribution in [-0.4, -0.2) is 69.7 Å². The first-order chi connectivity index (χ1) is 20.3. The summed E-state index contributed by atoms with van der Waals surface area (Å²) in [7, 11) is 5.24. The minimum Gasteiger partial charge on any atom is -0.383 e. The molecule has 0 saturated heterocycles. The number of carbonyl (C=O) groups excluding carboxylic acids is 2. The Hall–Kier alpha value is -4.56. The Morgan fingerprint density at radius 3 is 2.31 bits per heavy atom. The summed E-state index contributed by atoms with van der Waals surface area (Å²) in [6.07, 6.45) is 5.50. The number of aryl methyl sites for hydroxylation is 2. The lowest BCUT2D eigenvalue weighted by atomic mass is 10.0. The van der Waals surface area contributed by atoms with Crippen molar-refractivity contribution in [2.24, 2.45) is 7.05 Å². The molecule has 0 N–H and O–H groups in total. The van der Waals surface area contributed by atoms with E-state index in [1.54, 1.807) is 47.0 Å². The Bertz CT molecular complexity index is 1500. The number of pyridine rings is 1. The molecule has 0 spiro atoms. The molecule has 8 nitrogen and oxygen atoms in total. The third-order valence-electron chi connectivity index (χ3n) is 7.45. The molecule has 0 saturated carbocycles. The van der Waals surface area contributed by atoms with Gasteiger partial charge >= 0.3 is 0 Å². The highest BCUT2D eigenvalue weighted by molar-refractivity contribution is 5.96. The summed E-state index contributed by atoms with van der Waals surface area (Å²) in [5, 5.41) is 4.47. The number of likely N-dealkylation sites (N-methyl/N-ethyl adjacent to an activating group) is 1. The van der Waals surface area contributed by atoms with Crippen molar-refractivity contribution in [1.29, 1.82) is 0 Å². The van der Waals surface area contributed by atoms with Gasteiger partial charge in [-0.1, -0.05) is 60.7 Å². The van der Waals surface area contributed by atoms with Crippen molar-refractivity contribution in [3.63, 3.8) is 0 Å². The van der Waals surface area contributed by atoms with Crippen molar-refractivity contribution in [1.82, 2.24) is 24.6 Å². The van der Waals surface area contributed by atoms with Crippen molar-refractivity contribution in [2.75, 3.05) is 27.3 Å². The normalized spacial score (nSPS) is 11.9. The Labute approximate surface area is 248 Å². The fraction of sp³-hybridized carbons (Fsp3) is 0.294. The molecule has 2 amide bonds. The highest BCUT2D eigenvalue weighted by Crippen LogP contribution is 2.21. The lowest BCUT2D eigenvalue weighted by Gasteiger charge is -2.33. The number of rotatable bonds is 12. The zero-order valence-electron chi connectivity index (χ0n) is 25.0. The average Bonchev–Trinajstić information content (AvgIpc) is 3.26. The van der Waals surface area contributed by atoms with Gasteiger partial charge in [0.2, 0.25) is 11.8 Å². The van der Waals surface area contributed by atoms with Crippen LogP contribution >= 0.6 is 0 Å². The van der Waals surface area contributed by atoms with E-state index in [1.807, 2.05) is 93.7 Å². The van der Waals surface area contributed by atoms with E-state index in [2.05, 4.69) is 10.1 Å². The predicted octanol–water partition coefficient (Wildman–Crippen LogP) is 4.86. The number of benzene rings is 2. The molecular weight excluding hydrogens is 526 g/mol. The van der Waals surface area contributed by atoms with E-state index in [1.165, 1.54) is 0 Å². The second kappa shape index (κ2) is 14.4. The van der Waals surface area contributed by atoms with Gasteiger partial charge in [-0.3, -0.25) is 19.3 Å². The van der Waals surface area contributed by atoms with Crippen LogP contribution in [0.15, 0.2) is 85.1 Å². The van der Waals surface area contributed by atoms with Gasteiger partial charge in [0.1, 0.15) is 6.04 Å². The fourth-order valence-corrected chi connectivity index (χ4v) is 4.90. The molecule has 0 bridgehead atoms. The van der Waals surface area contributed by atoms with Crippen LogP contribution in [0, 0.1) is 13.8 Å². The number of hydrogen-bond acceptors (Lipinski definition) is 5. The number of aromatic nitrogens is 3. The van der Waals surface area contributed by atoms with Crippen molar-refractivity contribution in [3.8, 4) is 11.3 Å². The summed E-state index contributed by atoms with van der Waals surface area (Å²) in [6, 6.07) is 22.8. The Balaban J connectivity index is 1.71. The molecule has 2 aromatic carbocycles. The SMILES string of the molecule is COCCN(C)C(=O)[C@H](Cc1ccccc1)N(Cc1ccc(-c2ccccn2)cc1)C(=O)C=Cc1c(C)nn(C)c1C. The Morgan fingerprint density at radius 2 is 1.69 bits per heavy atom. The minimum atomic E-state index is -0.724. The molecule has 2 aromatic heterocycles. The van der Waals surface area contributed by atoms with E-state index in [4.69, 9.17) is 4.74 Å². The number of amides is 2. The summed E-state index contributed by atoms with van der Waals surface area (Å²) < 4.78 is 7.02. The molecule has 0 unspecified atom stereocenters. The second-order valence-corrected chi connectivity index (χ2v) is 10.4. The van der Waals surface area contributed by atoms with Crippen LogP contribution in [0.4, 0.5) is 0 Å². The average molecular weight is 566 g/mol. The van der Waals surface area contributed by atoms with Crippen LogP contribution in [0.5, 0.6) is 0 Å². The van der Waals surface area contributed by atoms with Crippen molar-refractivity contribution in [2.45, 2.75) is 32.9 Å². The molecule has 42 heavy (non-hydrogen) atoms. The summed E-state index contributed by atoms with van der Waals surface area (Å²) in [5.74, 6) is -0.391. The maximum Gasteiger partial charge on any atom is 0.247 e. The van der Waals surface area contributed by atoms with E-state index in [0.717, 1.165) is 39.3 Å². The number of carbonyl (C=O) groups is 2. The van der Waals surface area contributed by atoms with E-state index in [-0.39, 0.29) is 18.4 Å². The smallest absolute Gasteiger partial charge is 0.247 e. The van der Waals surface area contributed by atoms with E-state index in [9.17, 15) is 9.59 Å². The van der Waals surface area contributed by atoms with Gasteiger partial charge in [0.25, 0.3) is 0 Å². The van der Waals surface area contributed by atoms with E-state index in [0.29, 0.717) is 19.6 Å². The van der Waals surface area contributed by atoms with Gasteiger partial charge < -0.3 is 14.5 Å². The van der Waals surface area contributed by atoms with Gasteiger partial charge in [-0.2, -0.15) is 5.10 Å². The first kappa shape index (κ1) is 30.4. The molecule has 2 heterocycles. The second-order valence-electron chi connectivity index (χ2n) is 10.4. The van der Waals surface area contributed by atoms with Gasteiger partial charge in [-0.05, 0) is 43.2 Å². The third-order valence-corrected chi connectivity index (χ3v) is 7.45. The first-order valence-electron chi connectivity index (χ1n) is 14.1. The molecule has 0 aliphatic rings. The summed E-state index contributed by atoms with van der Waals surface area (Å²) in [4.78, 5) is 35.7. The van der Waals surface area contributed by atoms with Crippen LogP contribution in [0.3, 0.4) is 0 Å². The minimum absolute atomic E-state index is 0.142. The maximum absolute atomic E-state index is 14.0. The monoisotopic (exact) mass is 565 g/mol. The molecular formula is C34H39N5O3. The predicted molar refractivity (Wildman–Crippen MR) is 165 cm³/mol. The van der Waals surface area contributed by atoms with Gasteiger partial charge in [-0.25, -0.2) is 0 Å². The highest BCUT2D eigenvalue weighted by Gasteiger charge is 2.31. The molecule has 0 radical (unpaired) electrons. The first-order valence-corrected chi connectivity index (χ1v) is 14.1. The standard InChI is InChI=1S/C34H39N5O3/c1-25-30(26(2)38(4)36-25)18-19-33(40)39(24-28-14-16-29(17-15-28)31-13-9-10-20-35-31)32(23-27-11-7-6-8-12-27)34(41)37(3)21-22-42-5/h6-20,32H,21-24H2,1-5H3/t32-/m0/s1. The lowest BCUT2D eigenvalue weighted by Crippen LogP contribution is -2.51. The van der Waals surface area contributed by atoms with E-state index < -0.39 is 6.04 Å². The van der Waals surface area contributed by atoms with Crippen molar-refractivity contribution in [3.05, 3.63) is 113 Å². The zero-order valence-corrected chi connectivity index (χ0v) is 25.0. The number of ether oxygens (including phenoxy) is 1. The summed E-state index contributed by atoms with van der Waals surface area (Å²) in [6.45, 7) is 4.98. The summed E-state index contributed by atoms with van der Waals surface area (Å²) in [5.41, 5.74) is 6.44. The Kier molecular flexibility index (Phi) is 10.4. The van der Waals surface area contributed by atoms with Gasteiger partial charge in [0, 0.05) is 69.8 Å². The van der Waals surface area contributed by atoms with Crippen LogP contribution in [0.1, 0.15) is 28.1 Å².